The van der Waals surface area contributed by atoms with Crippen molar-refractivity contribution >= 4 is 56.2 Å². The summed E-state index contributed by atoms with van der Waals surface area (Å²) in [5.74, 6) is -0.206. The number of aromatic nitrogens is 6. The Morgan fingerprint density at radius 1 is 1.10 bits per heavy atom. The molecule has 1 saturated heterocycles. The molecule has 1 saturated carbocycles. The van der Waals surface area contributed by atoms with Gasteiger partial charge in [0.15, 0.2) is 5.78 Å². The van der Waals surface area contributed by atoms with Crippen LogP contribution >= 0.6 is 15.9 Å². The summed E-state index contributed by atoms with van der Waals surface area (Å²) in [6.45, 7) is 7.39. The van der Waals surface area contributed by atoms with Gasteiger partial charge in [-0.2, -0.15) is 5.10 Å². The van der Waals surface area contributed by atoms with Gasteiger partial charge in [-0.05, 0) is 61.7 Å². The minimum Gasteiger partial charge on any atom is -0.373 e. The van der Waals surface area contributed by atoms with E-state index in [4.69, 9.17) is 4.74 Å². The molecule has 0 radical (unpaired) electrons. The van der Waals surface area contributed by atoms with Gasteiger partial charge in [-0.1, -0.05) is 18.2 Å². The molecule has 1 spiro atoms. The lowest BCUT2D eigenvalue weighted by Gasteiger charge is -2.27. The maximum absolute atomic E-state index is 14.3. The molecule has 7 rings (SSSR count). The van der Waals surface area contributed by atoms with Crippen LogP contribution in [0.15, 0.2) is 53.5 Å². The summed E-state index contributed by atoms with van der Waals surface area (Å²) >= 11 is 3.39. The molecule has 14 nitrogen and oxygen atoms in total. The minimum absolute atomic E-state index is 0.158. The molecular formula is C35H36BrN9O5. The molecule has 2 fully saturated rings. The maximum Gasteiger partial charge on any atom is 0.248 e. The van der Waals surface area contributed by atoms with Crippen LogP contribution in [0.2, 0.25) is 0 Å². The Morgan fingerprint density at radius 3 is 2.64 bits per heavy atom. The number of rotatable bonds is 4. The highest BCUT2D eigenvalue weighted by Gasteiger charge is 2.67. The normalized spacial score (nSPS) is 23.8. The van der Waals surface area contributed by atoms with Crippen molar-refractivity contribution < 1.29 is 23.9 Å². The van der Waals surface area contributed by atoms with Gasteiger partial charge in [-0.25, -0.2) is 15.0 Å². The van der Waals surface area contributed by atoms with E-state index in [0.717, 1.165) is 0 Å². The van der Waals surface area contributed by atoms with E-state index in [9.17, 15) is 19.2 Å². The van der Waals surface area contributed by atoms with Crippen LogP contribution in [-0.2, 0) is 32.3 Å². The second-order valence-electron chi connectivity index (χ2n) is 13.7. The topological polar surface area (TPSA) is 174 Å². The number of halogens is 1. The molecule has 4 aromatic heterocycles. The number of Topliss-reactive ketones (excluding diaryl/α,β-unsaturated/α-hetero) is 1. The number of amides is 3. The van der Waals surface area contributed by atoms with E-state index in [1.807, 2.05) is 32.1 Å². The zero-order valence-electron chi connectivity index (χ0n) is 28.1. The summed E-state index contributed by atoms with van der Waals surface area (Å²) in [4.78, 5) is 73.5. The summed E-state index contributed by atoms with van der Waals surface area (Å²) in [7, 11) is 0. The van der Waals surface area contributed by atoms with E-state index in [0.29, 0.717) is 63.4 Å². The first kappa shape index (κ1) is 33.6. The summed E-state index contributed by atoms with van der Waals surface area (Å²) in [5, 5.41) is 11.1. The predicted octanol–water partition coefficient (Wildman–Crippen LogP) is 3.78. The molecule has 2 bridgehead atoms. The Hall–Kier alpha value is -4.89. The fourth-order valence-electron chi connectivity index (χ4n) is 6.84. The van der Waals surface area contributed by atoms with Crippen LogP contribution < -0.4 is 10.6 Å². The average Bonchev–Trinajstić information content (AvgIpc) is 3.50. The Labute approximate surface area is 296 Å². The number of nitrogens with zero attached hydrogens (tertiary/aromatic N) is 7. The number of anilines is 1. The lowest BCUT2D eigenvalue weighted by molar-refractivity contribution is -0.138. The number of ether oxygens (including phenoxy) is 1. The Kier molecular flexibility index (Phi) is 8.58. The first-order chi connectivity index (χ1) is 23.8. The van der Waals surface area contributed by atoms with E-state index in [2.05, 4.69) is 51.6 Å². The number of piperidine rings is 1. The Balaban J connectivity index is 1.21. The van der Waals surface area contributed by atoms with Crippen molar-refractivity contribution in [2.75, 3.05) is 18.5 Å². The predicted molar refractivity (Wildman–Crippen MR) is 186 cm³/mol. The van der Waals surface area contributed by atoms with Gasteiger partial charge in [0.2, 0.25) is 17.7 Å². The first-order valence-corrected chi connectivity index (χ1v) is 17.1. The summed E-state index contributed by atoms with van der Waals surface area (Å²) in [5.41, 5.74) is 1.34. The molecule has 0 unspecified atom stereocenters. The molecule has 3 atom stereocenters. The van der Waals surface area contributed by atoms with Crippen molar-refractivity contribution in [3.05, 3.63) is 70.6 Å². The third kappa shape index (κ3) is 6.31. The number of nitrogens with one attached hydrogen (secondary N) is 2. The maximum atomic E-state index is 14.3. The third-order valence-corrected chi connectivity index (χ3v) is 10.2. The van der Waals surface area contributed by atoms with E-state index in [1.165, 1.54) is 11.6 Å². The van der Waals surface area contributed by atoms with Gasteiger partial charge in [0.05, 0.1) is 36.0 Å². The van der Waals surface area contributed by atoms with Gasteiger partial charge >= 0.3 is 0 Å². The highest BCUT2D eigenvalue weighted by molar-refractivity contribution is 9.10. The minimum atomic E-state index is -0.839. The molecule has 15 heteroatoms. The van der Waals surface area contributed by atoms with Gasteiger partial charge in [0, 0.05) is 53.8 Å². The van der Waals surface area contributed by atoms with Gasteiger partial charge < -0.3 is 20.3 Å². The van der Waals surface area contributed by atoms with Crippen molar-refractivity contribution in [1.29, 1.82) is 0 Å². The van der Waals surface area contributed by atoms with Crippen molar-refractivity contribution in [1.82, 2.24) is 39.9 Å². The van der Waals surface area contributed by atoms with Crippen LogP contribution in [0.5, 0.6) is 0 Å². The molecule has 2 N–H and O–H groups in total. The van der Waals surface area contributed by atoms with E-state index < -0.39 is 22.8 Å². The summed E-state index contributed by atoms with van der Waals surface area (Å²) in [6, 6.07) is 4.21. The molecule has 6 heterocycles. The molecule has 3 aliphatic rings. The van der Waals surface area contributed by atoms with Gasteiger partial charge in [0.25, 0.3) is 0 Å². The number of hydrogen-bond donors (Lipinski definition) is 2. The van der Waals surface area contributed by atoms with Crippen LogP contribution in [0.3, 0.4) is 0 Å². The molecule has 258 valence electrons. The number of ketones is 1. The highest BCUT2D eigenvalue weighted by atomic mass is 79.9. The molecule has 3 amide bonds. The van der Waals surface area contributed by atoms with Crippen LogP contribution in [-0.4, -0.2) is 83.4 Å². The Morgan fingerprint density at radius 2 is 1.88 bits per heavy atom. The lowest BCUT2D eigenvalue weighted by Crippen LogP contribution is -2.47. The third-order valence-electron chi connectivity index (χ3n) is 9.72. The fourth-order valence-corrected chi connectivity index (χ4v) is 7.15. The van der Waals surface area contributed by atoms with E-state index in [1.54, 1.807) is 42.5 Å². The summed E-state index contributed by atoms with van der Waals surface area (Å²) in [6.07, 6.45) is 9.51. The molecule has 4 aromatic rings. The summed E-state index contributed by atoms with van der Waals surface area (Å²) < 4.78 is 7.83. The van der Waals surface area contributed by atoms with E-state index in [-0.39, 0.29) is 49.1 Å². The number of carbonyl (C=O) groups excluding carboxylic acids is 4. The van der Waals surface area contributed by atoms with Gasteiger partial charge in [-0.3, -0.25) is 28.8 Å². The lowest BCUT2D eigenvalue weighted by atomic mass is 9.91. The largest absolute Gasteiger partial charge is 0.373 e. The molecule has 50 heavy (non-hydrogen) atoms. The van der Waals surface area contributed by atoms with Crippen molar-refractivity contribution in [3.8, 4) is 11.3 Å². The SMILES string of the molecule is CC(=O)c1nn(CC(=O)N2[C@H]3C[C@@]4(CNC(=O)C(C)(C)/C=C\COCc5ccc(Br)nc5NC3=O)C[C@@H]24)c2cnc(-c3cnc(C)nc3)cc12. The quantitative estimate of drug-likeness (QED) is 0.178. The van der Waals surface area contributed by atoms with Crippen molar-refractivity contribution in [2.45, 2.75) is 65.8 Å². The van der Waals surface area contributed by atoms with Crippen molar-refractivity contribution in [2.24, 2.45) is 10.8 Å². The molecular weight excluding hydrogens is 706 g/mol. The van der Waals surface area contributed by atoms with E-state index >= 15 is 0 Å². The standard InChI is InChI=1S/C35H36BrN9O5/c1-19(46)30-23-10-24(22-13-37-20(2)38-14-22)39-15-26(23)44(43-30)16-29(47)45-25-11-35(12-27(35)45)18-40-33(49)34(3,4)8-5-9-50-17-21-6-7-28(36)41-31(21)42-32(25)48/h5-8,10,13-15,25,27H,9,11-12,16-18H2,1-4H3,(H,40,49)(H,41,42,48)/b8-5-/t25-,27+,35-/m0/s1. The van der Waals surface area contributed by atoms with Crippen molar-refractivity contribution in [3.63, 3.8) is 0 Å². The number of aryl methyl sites for hydroxylation is 1. The number of likely N-dealkylation sites (tertiary alicyclic amines) is 1. The number of hydrogen-bond acceptors (Lipinski definition) is 10. The molecule has 1 aliphatic carbocycles. The van der Waals surface area contributed by atoms with Crippen LogP contribution in [0, 0.1) is 17.8 Å². The van der Waals surface area contributed by atoms with Gasteiger partial charge in [-0.15, -0.1) is 0 Å². The molecule has 0 aromatic carbocycles. The zero-order chi connectivity index (χ0) is 35.4. The van der Waals surface area contributed by atoms with Crippen LogP contribution in [0.4, 0.5) is 5.82 Å². The first-order valence-electron chi connectivity index (χ1n) is 16.3. The number of pyridine rings is 2. The second-order valence-corrected chi connectivity index (χ2v) is 14.5. The molecule has 2 aliphatic heterocycles. The highest BCUT2D eigenvalue weighted by Crippen LogP contribution is 2.59. The Bertz CT molecular complexity index is 2080. The average molecular weight is 743 g/mol. The van der Waals surface area contributed by atoms with Gasteiger partial charge in [0.1, 0.15) is 34.5 Å². The smallest absolute Gasteiger partial charge is 0.248 e. The second kappa shape index (κ2) is 12.8. The zero-order valence-corrected chi connectivity index (χ0v) is 29.7. The number of carbonyl (C=O) groups is 4. The monoisotopic (exact) mass is 741 g/mol. The van der Waals surface area contributed by atoms with Crippen LogP contribution in [0.1, 0.15) is 55.5 Å². The van der Waals surface area contributed by atoms with Crippen LogP contribution in [0.25, 0.3) is 22.2 Å². The fraction of sp³-hybridized carbons (Fsp3) is 0.400. The number of fused-ring (bicyclic) bond motifs is 3.